The van der Waals surface area contributed by atoms with E-state index in [1.165, 1.54) is 24.0 Å². The van der Waals surface area contributed by atoms with E-state index in [1.807, 2.05) is 13.0 Å². The highest BCUT2D eigenvalue weighted by atomic mass is 16.5. The van der Waals surface area contributed by atoms with Crippen molar-refractivity contribution >= 4 is 0 Å². The van der Waals surface area contributed by atoms with Gasteiger partial charge in [0.15, 0.2) is 0 Å². The summed E-state index contributed by atoms with van der Waals surface area (Å²) in [6, 6.07) is 6.20. The van der Waals surface area contributed by atoms with Crippen LogP contribution in [-0.2, 0) is 11.2 Å². The second-order valence-corrected chi connectivity index (χ2v) is 4.97. The molecule has 1 atom stereocenters. The Hall–Kier alpha value is -1.06. The van der Waals surface area contributed by atoms with E-state index in [9.17, 15) is 5.11 Å². The molecular formula is C15H23NO2. The fourth-order valence-corrected chi connectivity index (χ4v) is 2.73. The SMILES string of the molecule is CCOCCN(C)C1CCCc2ccc(O)cc21. The monoisotopic (exact) mass is 249 g/mol. The summed E-state index contributed by atoms with van der Waals surface area (Å²) in [5, 5.41) is 9.66. The molecule has 1 aliphatic carbocycles. The summed E-state index contributed by atoms with van der Waals surface area (Å²) in [5.74, 6) is 0.374. The molecule has 0 saturated carbocycles. The van der Waals surface area contributed by atoms with Crippen LogP contribution in [0.2, 0.25) is 0 Å². The Morgan fingerprint density at radius 2 is 2.28 bits per heavy atom. The number of aryl methyl sites for hydroxylation is 1. The minimum atomic E-state index is 0.374. The van der Waals surface area contributed by atoms with Crippen LogP contribution in [0.4, 0.5) is 0 Å². The molecule has 1 unspecified atom stereocenters. The molecular weight excluding hydrogens is 226 g/mol. The number of nitrogens with zero attached hydrogens (tertiary/aromatic N) is 1. The summed E-state index contributed by atoms with van der Waals surface area (Å²) in [6.45, 7) is 4.51. The van der Waals surface area contributed by atoms with Gasteiger partial charge in [-0.15, -0.1) is 0 Å². The largest absolute Gasteiger partial charge is 0.508 e. The van der Waals surface area contributed by atoms with Crippen LogP contribution >= 0.6 is 0 Å². The number of hydrogen-bond acceptors (Lipinski definition) is 3. The number of rotatable bonds is 5. The number of hydrogen-bond donors (Lipinski definition) is 1. The first kappa shape index (κ1) is 13.4. The zero-order valence-electron chi connectivity index (χ0n) is 11.4. The molecule has 0 aromatic heterocycles. The van der Waals surface area contributed by atoms with Crippen molar-refractivity contribution in [3.05, 3.63) is 29.3 Å². The predicted octanol–water partition coefficient (Wildman–Crippen LogP) is 2.74. The summed E-state index contributed by atoms with van der Waals surface area (Å²) in [6.07, 6.45) is 3.52. The Morgan fingerprint density at radius 3 is 3.06 bits per heavy atom. The molecule has 1 aliphatic rings. The van der Waals surface area contributed by atoms with Crippen LogP contribution in [0.25, 0.3) is 0 Å². The second-order valence-electron chi connectivity index (χ2n) is 4.97. The quantitative estimate of drug-likeness (QED) is 0.814. The lowest BCUT2D eigenvalue weighted by molar-refractivity contribution is 0.103. The summed E-state index contributed by atoms with van der Waals surface area (Å²) in [5.41, 5.74) is 2.67. The Balaban J connectivity index is 2.08. The average Bonchev–Trinajstić information content (AvgIpc) is 2.38. The van der Waals surface area contributed by atoms with Crippen LogP contribution in [-0.4, -0.2) is 36.8 Å². The Morgan fingerprint density at radius 1 is 1.44 bits per heavy atom. The zero-order chi connectivity index (χ0) is 13.0. The number of phenolic OH excluding ortho intramolecular Hbond substituents is 1. The van der Waals surface area contributed by atoms with Gasteiger partial charge in [0.2, 0.25) is 0 Å². The van der Waals surface area contributed by atoms with E-state index in [1.54, 1.807) is 6.07 Å². The third kappa shape index (κ3) is 3.03. The normalized spacial score (nSPS) is 18.9. The molecule has 0 spiro atoms. The van der Waals surface area contributed by atoms with Crippen molar-refractivity contribution in [3.8, 4) is 5.75 Å². The van der Waals surface area contributed by atoms with Crippen LogP contribution in [0, 0.1) is 0 Å². The van der Waals surface area contributed by atoms with Gasteiger partial charge in [-0.3, -0.25) is 4.90 Å². The van der Waals surface area contributed by atoms with Crippen molar-refractivity contribution in [3.63, 3.8) is 0 Å². The topological polar surface area (TPSA) is 32.7 Å². The lowest BCUT2D eigenvalue weighted by Crippen LogP contribution is -2.30. The van der Waals surface area contributed by atoms with Gasteiger partial charge in [0.05, 0.1) is 6.61 Å². The van der Waals surface area contributed by atoms with Gasteiger partial charge in [-0.1, -0.05) is 6.07 Å². The third-order valence-electron chi connectivity index (χ3n) is 3.74. The maximum atomic E-state index is 9.66. The molecule has 1 N–H and O–H groups in total. The maximum absolute atomic E-state index is 9.66. The van der Waals surface area contributed by atoms with E-state index < -0.39 is 0 Å². The van der Waals surface area contributed by atoms with Crippen LogP contribution in [0.3, 0.4) is 0 Å². The van der Waals surface area contributed by atoms with Gasteiger partial charge in [0.25, 0.3) is 0 Å². The molecule has 0 saturated heterocycles. The van der Waals surface area contributed by atoms with E-state index >= 15 is 0 Å². The van der Waals surface area contributed by atoms with Gasteiger partial charge >= 0.3 is 0 Å². The summed E-state index contributed by atoms with van der Waals surface area (Å²) in [7, 11) is 2.14. The minimum absolute atomic E-state index is 0.374. The van der Waals surface area contributed by atoms with Crippen LogP contribution in [0.15, 0.2) is 18.2 Å². The number of ether oxygens (including phenoxy) is 1. The second kappa shape index (κ2) is 6.21. The highest BCUT2D eigenvalue weighted by Crippen LogP contribution is 2.35. The summed E-state index contributed by atoms with van der Waals surface area (Å²) < 4.78 is 5.42. The zero-order valence-corrected chi connectivity index (χ0v) is 11.4. The standard InChI is InChI=1S/C15H23NO2/c1-3-18-10-9-16(2)15-6-4-5-12-7-8-13(17)11-14(12)15/h7-8,11,15,17H,3-6,9-10H2,1-2H3. The Kier molecular flexibility index (Phi) is 4.61. The fraction of sp³-hybridized carbons (Fsp3) is 0.600. The predicted molar refractivity (Wildman–Crippen MR) is 72.9 cm³/mol. The molecule has 0 fully saturated rings. The third-order valence-corrected chi connectivity index (χ3v) is 3.74. The van der Waals surface area contributed by atoms with Gasteiger partial charge in [0.1, 0.15) is 5.75 Å². The first-order chi connectivity index (χ1) is 8.72. The Labute approximate surface area is 109 Å². The Bertz CT molecular complexity index is 392. The van der Waals surface area contributed by atoms with Crippen molar-refractivity contribution < 1.29 is 9.84 Å². The van der Waals surface area contributed by atoms with Crippen molar-refractivity contribution in [1.82, 2.24) is 4.90 Å². The van der Waals surface area contributed by atoms with E-state index in [4.69, 9.17) is 4.74 Å². The molecule has 100 valence electrons. The minimum Gasteiger partial charge on any atom is -0.508 e. The molecule has 0 amide bonds. The molecule has 3 heteroatoms. The van der Waals surface area contributed by atoms with Gasteiger partial charge in [-0.2, -0.15) is 0 Å². The van der Waals surface area contributed by atoms with Crippen molar-refractivity contribution in [1.29, 1.82) is 0 Å². The number of phenols is 1. The van der Waals surface area contributed by atoms with Crippen molar-refractivity contribution in [2.75, 3.05) is 26.8 Å². The summed E-state index contributed by atoms with van der Waals surface area (Å²) >= 11 is 0. The van der Waals surface area contributed by atoms with Gasteiger partial charge in [-0.25, -0.2) is 0 Å². The lowest BCUT2D eigenvalue weighted by atomic mass is 9.87. The number of benzene rings is 1. The van der Waals surface area contributed by atoms with Crippen LogP contribution in [0.5, 0.6) is 5.75 Å². The molecule has 3 nitrogen and oxygen atoms in total. The molecule has 0 aliphatic heterocycles. The average molecular weight is 249 g/mol. The van der Waals surface area contributed by atoms with E-state index in [0.29, 0.717) is 11.8 Å². The molecule has 2 rings (SSSR count). The first-order valence-electron chi connectivity index (χ1n) is 6.82. The molecule has 1 aromatic carbocycles. The number of aromatic hydroxyl groups is 1. The van der Waals surface area contributed by atoms with E-state index in [2.05, 4.69) is 18.0 Å². The fourth-order valence-electron chi connectivity index (χ4n) is 2.73. The smallest absolute Gasteiger partial charge is 0.115 e. The van der Waals surface area contributed by atoms with E-state index in [-0.39, 0.29) is 0 Å². The molecule has 0 radical (unpaired) electrons. The summed E-state index contributed by atoms with van der Waals surface area (Å²) in [4.78, 5) is 2.34. The maximum Gasteiger partial charge on any atom is 0.115 e. The van der Waals surface area contributed by atoms with Gasteiger partial charge in [0, 0.05) is 19.2 Å². The van der Waals surface area contributed by atoms with Gasteiger partial charge in [-0.05, 0) is 56.5 Å². The van der Waals surface area contributed by atoms with Crippen molar-refractivity contribution in [2.45, 2.75) is 32.2 Å². The molecule has 1 aromatic rings. The molecule has 0 bridgehead atoms. The first-order valence-corrected chi connectivity index (χ1v) is 6.82. The van der Waals surface area contributed by atoms with Gasteiger partial charge < -0.3 is 9.84 Å². The highest BCUT2D eigenvalue weighted by molar-refractivity contribution is 5.38. The van der Waals surface area contributed by atoms with Crippen LogP contribution in [0.1, 0.15) is 36.9 Å². The van der Waals surface area contributed by atoms with E-state index in [0.717, 1.165) is 26.2 Å². The van der Waals surface area contributed by atoms with Crippen molar-refractivity contribution in [2.24, 2.45) is 0 Å². The lowest BCUT2D eigenvalue weighted by Gasteiger charge is -2.33. The molecule has 0 heterocycles. The number of likely N-dealkylation sites (N-methyl/N-ethyl adjacent to an activating group) is 1. The number of fused-ring (bicyclic) bond motifs is 1. The highest BCUT2D eigenvalue weighted by Gasteiger charge is 2.23. The van der Waals surface area contributed by atoms with Crippen LogP contribution < -0.4 is 0 Å². The molecule has 18 heavy (non-hydrogen) atoms.